The highest BCUT2D eigenvalue weighted by molar-refractivity contribution is 5.87. The third kappa shape index (κ3) is 6.51. The number of ether oxygens (including phenoxy) is 2. The Morgan fingerprint density at radius 2 is 1.71 bits per heavy atom. The van der Waals surface area contributed by atoms with Crippen molar-refractivity contribution < 1.29 is 23.9 Å². The first-order valence-electron chi connectivity index (χ1n) is 11.9. The quantitative estimate of drug-likeness (QED) is 0.609. The molecule has 3 amide bonds. The molecule has 2 aromatic carbocycles. The van der Waals surface area contributed by atoms with Crippen LogP contribution in [0.3, 0.4) is 0 Å². The molecule has 2 aromatic rings. The van der Waals surface area contributed by atoms with Crippen molar-refractivity contribution in [3.63, 3.8) is 0 Å². The van der Waals surface area contributed by atoms with Crippen molar-refractivity contribution in [1.82, 2.24) is 20.4 Å². The van der Waals surface area contributed by atoms with Crippen molar-refractivity contribution in [2.75, 3.05) is 33.2 Å². The van der Waals surface area contributed by atoms with Gasteiger partial charge in [0, 0.05) is 45.9 Å². The van der Waals surface area contributed by atoms with Gasteiger partial charge in [-0.3, -0.25) is 9.59 Å². The van der Waals surface area contributed by atoms with Gasteiger partial charge < -0.3 is 29.9 Å². The maximum atomic E-state index is 13.5. The largest absolute Gasteiger partial charge is 0.452 e. The Morgan fingerprint density at radius 3 is 2.43 bits per heavy atom. The second kappa shape index (κ2) is 11.2. The number of fused-ring (bicyclic) bond motifs is 1. The summed E-state index contributed by atoms with van der Waals surface area (Å²) in [4.78, 5) is 42.1. The Kier molecular flexibility index (Phi) is 7.87. The zero-order valence-corrected chi connectivity index (χ0v) is 20.1. The fraction of sp³-hybridized carbons (Fsp3) is 0.423. The van der Waals surface area contributed by atoms with E-state index in [1.807, 2.05) is 55.6 Å². The number of nitrogens with zero attached hydrogens (tertiary/aromatic N) is 2. The third-order valence-electron chi connectivity index (χ3n) is 6.28. The molecule has 2 aliphatic heterocycles. The minimum absolute atomic E-state index is 0.268. The van der Waals surface area contributed by atoms with Crippen LogP contribution in [-0.2, 0) is 27.2 Å². The summed E-state index contributed by atoms with van der Waals surface area (Å²) in [5, 5.41) is 5.89. The molecule has 0 radical (unpaired) electrons. The Labute approximate surface area is 205 Å². The SMILES string of the molecule is CC(=O)OC1Oc2ccccc2C[C@@H]1NC(=O)C(Cc1ccccc1)NC(=O)N1CCN(C)CC1. The third-order valence-corrected chi connectivity index (χ3v) is 6.28. The number of para-hydroxylation sites is 1. The predicted molar refractivity (Wildman–Crippen MR) is 130 cm³/mol. The number of hydrogen-bond acceptors (Lipinski definition) is 6. The average Bonchev–Trinajstić information content (AvgIpc) is 2.84. The second-order valence-electron chi connectivity index (χ2n) is 9.00. The van der Waals surface area contributed by atoms with Gasteiger partial charge in [0.1, 0.15) is 17.8 Å². The van der Waals surface area contributed by atoms with Gasteiger partial charge in [-0.2, -0.15) is 0 Å². The van der Waals surface area contributed by atoms with E-state index < -0.39 is 24.3 Å². The topological polar surface area (TPSA) is 100 Å². The normalized spacial score (nSPS) is 20.7. The van der Waals surface area contributed by atoms with E-state index in [0.29, 0.717) is 31.7 Å². The monoisotopic (exact) mass is 480 g/mol. The van der Waals surface area contributed by atoms with E-state index in [-0.39, 0.29) is 11.9 Å². The summed E-state index contributed by atoms with van der Waals surface area (Å²) in [5.41, 5.74) is 1.83. The number of carbonyl (C=O) groups is 3. The average molecular weight is 481 g/mol. The molecule has 1 saturated heterocycles. The molecule has 0 bridgehead atoms. The fourth-order valence-electron chi connectivity index (χ4n) is 4.31. The Bertz CT molecular complexity index is 1040. The number of likely N-dealkylation sites (N-methyl/N-ethyl adjacent to an activating group) is 1. The summed E-state index contributed by atoms with van der Waals surface area (Å²) in [5.74, 6) is -0.243. The number of hydrogen-bond donors (Lipinski definition) is 2. The van der Waals surface area contributed by atoms with Crippen LogP contribution in [0.5, 0.6) is 5.75 Å². The molecule has 0 spiro atoms. The van der Waals surface area contributed by atoms with Crippen molar-refractivity contribution in [2.45, 2.75) is 38.1 Å². The number of carbonyl (C=O) groups excluding carboxylic acids is 3. The van der Waals surface area contributed by atoms with Crippen molar-refractivity contribution in [3.05, 3.63) is 65.7 Å². The van der Waals surface area contributed by atoms with E-state index in [1.165, 1.54) is 6.92 Å². The van der Waals surface area contributed by atoms with Crippen molar-refractivity contribution >= 4 is 17.9 Å². The van der Waals surface area contributed by atoms with Gasteiger partial charge in [0.15, 0.2) is 0 Å². The molecule has 2 N–H and O–H groups in total. The predicted octanol–water partition coefficient (Wildman–Crippen LogP) is 1.56. The van der Waals surface area contributed by atoms with Crippen LogP contribution < -0.4 is 15.4 Å². The molecular formula is C26H32N4O5. The molecule has 186 valence electrons. The van der Waals surface area contributed by atoms with Crippen LogP contribution in [0.15, 0.2) is 54.6 Å². The minimum Gasteiger partial charge on any atom is -0.452 e. The number of piperazine rings is 1. The van der Waals surface area contributed by atoms with E-state index in [1.54, 1.807) is 11.0 Å². The molecule has 9 nitrogen and oxygen atoms in total. The first kappa shape index (κ1) is 24.5. The van der Waals surface area contributed by atoms with Crippen LogP contribution in [0, 0.1) is 0 Å². The minimum atomic E-state index is -0.961. The molecule has 0 aromatic heterocycles. The van der Waals surface area contributed by atoms with E-state index >= 15 is 0 Å². The highest BCUT2D eigenvalue weighted by Gasteiger charge is 2.35. The summed E-state index contributed by atoms with van der Waals surface area (Å²) in [6.45, 7) is 4.07. The number of benzene rings is 2. The summed E-state index contributed by atoms with van der Waals surface area (Å²) >= 11 is 0. The Morgan fingerprint density at radius 1 is 1.03 bits per heavy atom. The van der Waals surface area contributed by atoms with Gasteiger partial charge in [0.25, 0.3) is 6.29 Å². The molecule has 0 saturated carbocycles. The summed E-state index contributed by atoms with van der Waals surface area (Å²) in [6, 6.07) is 15.3. The number of amides is 3. The Balaban J connectivity index is 1.50. The lowest BCUT2D eigenvalue weighted by atomic mass is 10.00. The highest BCUT2D eigenvalue weighted by atomic mass is 16.7. The molecule has 9 heteroatoms. The molecule has 2 unspecified atom stereocenters. The van der Waals surface area contributed by atoms with E-state index in [2.05, 4.69) is 15.5 Å². The van der Waals surface area contributed by atoms with Gasteiger partial charge in [-0.05, 0) is 24.2 Å². The lowest BCUT2D eigenvalue weighted by Gasteiger charge is -2.35. The molecule has 1 fully saturated rings. The lowest BCUT2D eigenvalue weighted by Crippen LogP contribution is -2.59. The van der Waals surface area contributed by atoms with Crippen LogP contribution in [-0.4, -0.2) is 79.3 Å². The van der Waals surface area contributed by atoms with Gasteiger partial charge >= 0.3 is 12.0 Å². The number of esters is 1. The first-order valence-corrected chi connectivity index (χ1v) is 11.9. The standard InChI is InChI=1S/C26H32N4O5/c1-18(31)34-25-22(17-20-10-6-7-11-23(20)35-25)27-24(32)21(16-19-8-4-3-5-9-19)28-26(33)30-14-12-29(2)13-15-30/h3-11,21-22,25H,12-17H2,1-2H3,(H,27,32)(H,28,33)/t21?,22-,25?/m0/s1. The number of rotatable bonds is 6. The lowest BCUT2D eigenvalue weighted by molar-refractivity contribution is -0.168. The van der Waals surface area contributed by atoms with E-state index in [0.717, 1.165) is 24.2 Å². The van der Waals surface area contributed by atoms with Gasteiger partial charge in [0.2, 0.25) is 5.91 Å². The molecule has 4 rings (SSSR count). The van der Waals surface area contributed by atoms with Gasteiger partial charge in [0.05, 0.1) is 0 Å². The summed E-state index contributed by atoms with van der Waals surface area (Å²) in [7, 11) is 2.02. The molecule has 2 aliphatic rings. The molecule has 35 heavy (non-hydrogen) atoms. The van der Waals surface area contributed by atoms with Gasteiger partial charge in [-0.25, -0.2) is 4.79 Å². The van der Waals surface area contributed by atoms with Crippen molar-refractivity contribution in [2.24, 2.45) is 0 Å². The van der Waals surface area contributed by atoms with Crippen molar-refractivity contribution in [1.29, 1.82) is 0 Å². The van der Waals surface area contributed by atoms with Crippen LogP contribution >= 0.6 is 0 Å². The van der Waals surface area contributed by atoms with Crippen LogP contribution in [0.4, 0.5) is 4.79 Å². The van der Waals surface area contributed by atoms with E-state index in [9.17, 15) is 14.4 Å². The molecule has 0 aliphatic carbocycles. The molecule has 2 heterocycles. The molecular weight excluding hydrogens is 448 g/mol. The van der Waals surface area contributed by atoms with Crippen LogP contribution in [0.2, 0.25) is 0 Å². The summed E-state index contributed by atoms with van der Waals surface area (Å²) in [6.07, 6.45) is -0.198. The summed E-state index contributed by atoms with van der Waals surface area (Å²) < 4.78 is 11.3. The highest BCUT2D eigenvalue weighted by Crippen LogP contribution is 2.28. The maximum Gasteiger partial charge on any atom is 0.318 e. The zero-order chi connectivity index (χ0) is 24.8. The fourth-order valence-corrected chi connectivity index (χ4v) is 4.31. The van der Waals surface area contributed by atoms with Crippen molar-refractivity contribution in [3.8, 4) is 5.75 Å². The number of nitrogens with one attached hydrogen (secondary N) is 2. The van der Waals surface area contributed by atoms with Crippen LogP contribution in [0.1, 0.15) is 18.1 Å². The molecule has 3 atom stereocenters. The van der Waals surface area contributed by atoms with Gasteiger partial charge in [-0.15, -0.1) is 0 Å². The number of urea groups is 1. The zero-order valence-electron chi connectivity index (χ0n) is 20.1. The van der Waals surface area contributed by atoms with Gasteiger partial charge in [-0.1, -0.05) is 48.5 Å². The maximum absolute atomic E-state index is 13.5. The first-order chi connectivity index (χ1) is 16.9. The van der Waals surface area contributed by atoms with Crippen LogP contribution in [0.25, 0.3) is 0 Å². The van der Waals surface area contributed by atoms with E-state index in [4.69, 9.17) is 9.47 Å². The smallest absolute Gasteiger partial charge is 0.318 e. The Hall–Kier alpha value is -3.59. The second-order valence-corrected chi connectivity index (χ2v) is 9.00.